The van der Waals surface area contributed by atoms with Crippen molar-refractivity contribution in [3.8, 4) is 0 Å². The predicted molar refractivity (Wildman–Crippen MR) is 76.0 cm³/mol. The molecule has 0 spiro atoms. The minimum absolute atomic E-state index is 0.210. The number of ether oxygens (including phenoxy) is 1. The van der Waals surface area contributed by atoms with E-state index < -0.39 is 0 Å². The van der Waals surface area contributed by atoms with E-state index in [9.17, 15) is 4.79 Å². The van der Waals surface area contributed by atoms with Gasteiger partial charge in [-0.05, 0) is 5.56 Å². The first-order valence-electron chi connectivity index (χ1n) is 5.94. The lowest BCUT2D eigenvalue weighted by Gasteiger charge is -2.37. The summed E-state index contributed by atoms with van der Waals surface area (Å²) < 4.78 is 5.35. The smallest absolute Gasteiger partial charge is 0.410 e. The van der Waals surface area contributed by atoms with E-state index >= 15 is 0 Å². The normalized spacial score (nSPS) is 33.1. The lowest BCUT2D eigenvalue weighted by molar-refractivity contribution is 0.0967. The number of fused-ring (bicyclic) bond motifs is 1. The molecule has 5 heteroatoms. The molecular formula is C13H13Br2NO2. The molecule has 1 aromatic rings. The molecule has 3 fully saturated rings. The number of hydrogen-bond acceptors (Lipinski definition) is 2. The van der Waals surface area contributed by atoms with Crippen molar-refractivity contribution in [2.75, 3.05) is 6.54 Å². The molecule has 2 atom stereocenters. The molecule has 4 rings (SSSR count). The first-order chi connectivity index (χ1) is 8.68. The Hall–Kier alpha value is -0.550. The lowest BCUT2D eigenvalue weighted by Crippen LogP contribution is -2.51. The maximum atomic E-state index is 12.0. The molecule has 0 N–H and O–H groups in total. The Morgan fingerprint density at radius 3 is 2.50 bits per heavy atom. The molecule has 0 aromatic heterocycles. The van der Waals surface area contributed by atoms with Gasteiger partial charge in [0.05, 0.1) is 6.04 Å². The highest BCUT2D eigenvalue weighted by Gasteiger charge is 2.59. The lowest BCUT2D eigenvalue weighted by atomic mass is 9.86. The maximum Gasteiger partial charge on any atom is 0.410 e. The number of nitrogens with zero attached hydrogens (tertiary/aromatic N) is 1. The summed E-state index contributed by atoms with van der Waals surface area (Å²) in [5.74, 6) is 0.513. The minimum atomic E-state index is -0.210. The molecule has 0 radical (unpaired) electrons. The topological polar surface area (TPSA) is 29.5 Å². The Kier molecular flexibility index (Phi) is 3.36. The number of halogens is 2. The summed E-state index contributed by atoms with van der Waals surface area (Å²) in [4.78, 5) is 14.7. The molecule has 1 aromatic carbocycles. The largest absolute Gasteiger partial charge is 0.445 e. The van der Waals surface area contributed by atoms with Crippen LogP contribution in [0.4, 0.5) is 4.79 Å². The zero-order valence-corrected chi connectivity index (χ0v) is 12.8. The third kappa shape index (κ3) is 1.97. The van der Waals surface area contributed by atoms with Gasteiger partial charge < -0.3 is 9.64 Å². The third-order valence-electron chi connectivity index (χ3n) is 3.68. The summed E-state index contributed by atoms with van der Waals surface area (Å²) in [6, 6.07) is 9.98. The van der Waals surface area contributed by atoms with Gasteiger partial charge >= 0.3 is 6.09 Å². The summed E-state index contributed by atoms with van der Waals surface area (Å²) in [6.45, 7) is 1.12. The average molecular weight is 375 g/mol. The van der Waals surface area contributed by atoms with Crippen LogP contribution in [0.25, 0.3) is 0 Å². The zero-order chi connectivity index (χ0) is 12.7. The summed E-state index contributed by atoms with van der Waals surface area (Å²) in [5, 5.41) is 0. The SMILES string of the molecule is O=C(OCc1ccccc1)N1CC2[C@H](Br)C1[C@H]2Br. The van der Waals surface area contributed by atoms with Gasteiger partial charge in [-0.3, -0.25) is 0 Å². The van der Waals surface area contributed by atoms with Crippen molar-refractivity contribution in [2.24, 2.45) is 5.92 Å². The molecule has 18 heavy (non-hydrogen) atoms. The molecule has 2 saturated heterocycles. The van der Waals surface area contributed by atoms with E-state index in [0.29, 0.717) is 22.2 Å². The summed E-state index contributed by atoms with van der Waals surface area (Å²) in [7, 11) is 0. The second-order valence-electron chi connectivity index (χ2n) is 4.74. The Labute approximate surface area is 123 Å². The highest BCUT2D eigenvalue weighted by molar-refractivity contribution is 9.10. The highest BCUT2D eigenvalue weighted by atomic mass is 79.9. The van der Waals surface area contributed by atoms with Crippen molar-refractivity contribution >= 4 is 38.0 Å². The van der Waals surface area contributed by atoms with Crippen molar-refractivity contribution in [1.82, 2.24) is 4.90 Å². The first kappa shape index (κ1) is 12.5. The predicted octanol–water partition coefficient (Wildman–Crippen LogP) is 3.16. The Bertz CT molecular complexity index is 444. The Balaban J connectivity index is 1.57. The van der Waals surface area contributed by atoms with Gasteiger partial charge in [-0.2, -0.15) is 0 Å². The highest BCUT2D eigenvalue weighted by Crippen LogP contribution is 2.49. The van der Waals surface area contributed by atoms with Gasteiger partial charge in [0.2, 0.25) is 0 Å². The first-order valence-corrected chi connectivity index (χ1v) is 7.77. The molecule has 1 aliphatic carbocycles. The van der Waals surface area contributed by atoms with Crippen LogP contribution in [0.1, 0.15) is 5.56 Å². The van der Waals surface area contributed by atoms with Crippen LogP contribution in [-0.2, 0) is 11.3 Å². The van der Waals surface area contributed by atoms with E-state index in [1.807, 2.05) is 35.2 Å². The van der Waals surface area contributed by atoms with Crippen molar-refractivity contribution in [3.05, 3.63) is 35.9 Å². The van der Waals surface area contributed by atoms with E-state index in [1.165, 1.54) is 0 Å². The molecule has 96 valence electrons. The number of benzene rings is 1. The monoisotopic (exact) mass is 373 g/mol. The maximum absolute atomic E-state index is 12.0. The standard InChI is InChI=1S/C13H13Br2NO2/c14-10-9-6-16(12(10)11(9)15)13(17)18-7-8-4-2-1-3-5-8/h1-5,9-12H,6-7H2/t9?,10-,11-,12?/m0/s1. The van der Waals surface area contributed by atoms with Crippen LogP contribution in [0.5, 0.6) is 0 Å². The van der Waals surface area contributed by atoms with Crippen LogP contribution in [0.15, 0.2) is 30.3 Å². The zero-order valence-electron chi connectivity index (χ0n) is 9.63. The number of amides is 1. The van der Waals surface area contributed by atoms with E-state index in [-0.39, 0.29) is 12.1 Å². The number of hydrogen-bond donors (Lipinski definition) is 0. The number of carbonyl (C=O) groups is 1. The van der Waals surface area contributed by atoms with Crippen molar-refractivity contribution < 1.29 is 9.53 Å². The van der Waals surface area contributed by atoms with Gasteiger partial charge in [-0.1, -0.05) is 62.2 Å². The van der Waals surface area contributed by atoms with Gasteiger partial charge in [0.25, 0.3) is 0 Å². The van der Waals surface area contributed by atoms with Gasteiger partial charge in [-0.25, -0.2) is 4.79 Å². The molecule has 3 aliphatic rings. The van der Waals surface area contributed by atoms with Crippen LogP contribution in [-0.4, -0.2) is 33.2 Å². The van der Waals surface area contributed by atoms with Crippen LogP contribution < -0.4 is 0 Å². The second-order valence-corrected chi connectivity index (χ2v) is 6.85. The molecule has 2 aliphatic heterocycles. The van der Waals surface area contributed by atoms with Crippen LogP contribution in [0, 0.1) is 5.92 Å². The van der Waals surface area contributed by atoms with E-state index in [4.69, 9.17) is 4.74 Å². The fraction of sp³-hybridized carbons (Fsp3) is 0.462. The molecule has 0 unspecified atom stereocenters. The fourth-order valence-electron chi connectivity index (χ4n) is 2.60. The van der Waals surface area contributed by atoms with Crippen LogP contribution >= 0.6 is 31.9 Å². The number of alkyl halides is 2. The van der Waals surface area contributed by atoms with Gasteiger partial charge in [0.15, 0.2) is 0 Å². The second kappa shape index (κ2) is 4.85. The Morgan fingerprint density at radius 2 is 1.94 bits per heavy atom. The van der Waals surface area contributed by atoms with Gasteiger partial charge in [-0.15, -0.1) is 0 Å². The summed E-state index contributed by atoms with van der Waals surface area (Å²) >= 11 is 7.24. The Morgan fingerprint density at radius 1 is 1.28 bits per heavy atom. The molecule has 2 bridgehead atoms. The van der Waals surface area contributed by atoms with E-state index in [0.717, 1.165) is 12.1 Å². The van der Waals surface area contributed by atoms with Crippen molar-refractivity contribution in [1.29, 1.82) is 0 Å². The quantitative estimate of drug-likeness (QED) is 0.744. The number of rotatable bonds is 2. The van der Waals surface area contributed by atoms with Crippen LogP contribution in [0.3, 0.4) is 0 Å². The van der Waals surface area contributed by atoms with Gasteiger partial charge in [0, 0.05) is 22.1 Å². The molecule has 2 heterocycles. The van der Waals surface area contributed by atoms with Crippen molar-refractivity contribution in [3.63, 3.8) is 0 Å². The van der Waals surface area contributed by atoms with E-state index in [1.54, 1.807) is 0 Å². The number of carbonyl (C=O) groups excluding carboxylic acids is 1. The fourth-order valence-corrected chi connectivity index (χ4v) is 5.64. The summed E-state index contributed by atoms with van der Waals surface area (Å²) in [6.07, 6.45) is -0.210. The third-order valence-corrected chi connectivity index (χ3v) is 6.12. The molecule has 1 saturated carbocycles. The van der Waals surface area contributed by atoms with Crippen molar-refractivity contribution in [2.45, 2.75) is 22.3 Å². The average Bonchev–Trinajstić information content (AvgIpc) is 2.94. The minimum Gasteiger partial charge on any atom is -0.445 e. The van der Waals surface area contributed by atoms with E-state index in [2.05, 4.69) is 31.9 Å². The summed E-state index contributed by atoms with van der Waals surface area (Å²) in [5.41, 5.74) is 1.02. The van der Waals surface area contributed by atoms with Gasteiger partial charge in [0.1, 0.15) is 6.61 Å². The molecular weight excluding hydrogens is 362 g/mol. The molecule has 3 nitrogen and oxygen atoms in total. The molecule has 1 amide bonds. The van der Waals surface area contributed by atoms with Crippen LogP contribution in [0.2, 0.25) is 0 Å².